The number of hydrogen-bond acceptors (Lipinski definition) is 5. The normalized spacial score (nSPS) is 19.0. The van der Waals surface area contributed by atoms with Crippen molar-refractivity contribution in [2.75, 3.05) is 28.4 Å². The van der Waals surface area contributed by atoms with Crippen molar-refractivity contribution in [3.63, 3.8) is 0 Å². The Morgan fingerprint density at radius 3 is 1.48 bits per heavy atom. The fourth-order valence-corrected chi connectivity index (χ4v) is 4.11. The van der Waals surface area contributed by atoms with Crippen LogP contribution in [0.4, 0.5) is 0 Å². The quantitative estimate of drug-likeness (QED) is 0.490. The van der Waals surface area contributed by atoms with Gasteiger partial charge in [0.05, 0.1) is 28.4 Å². The van der Waals surface area contributed by atoms with Crippen LogP contribution in [0.1, 0.15) is 44.7 Å². The Kier molecular flexibility index (Phi) is 7.52. The Morgan fingerprint density at radius 2 is 1.15 bits per heavy atom. The number of ketones is 1. The number of benzene rings is 2. The predicted octanol–water partition coefficient (Wildman–Crippen LogP) is 6.21. The smallest absolute Gasteiger partial charge is 0.185 e. The van der Waals surface area contributed by atoms with Gasteiger partial charge in [-0.1, -0.05) is 20.8 Å². The third-order valence-electron chi connectivity index (χ3n) is 6.28. The van der Waals surface area contributed by atoms with Crippen molar-refractivity contribution in [1.82, 2.24) is 0 Å². The lowest BCUT2D eigenvalue weighted by Crippen LogP contribution is -2.29. The Balaban J connectivity index is 2.07. The molecule has 33 heavy (non-hydrogen) atoms. The van der Waals surface area contributed by atoms with Crippen molar-refractivity contribution in [3.05, 3.63) is 58.7 Å². The zero-order valence-corrected chi connectivity index (χ0v) is 20.7. The molecule has 176 valence electrons. The first-order valence-corrected chi connectivity index (χ1v) is 11.1. The van der Waals surface area contributed by atoms with Crippen molar-refractivity contribution in [2.45, 2.75) is 33.6 Å². The summed E-state index contributed by atoms with van der Waals surface area (Å²) in [6.07, 6.45) is 5.35. The fourth-order valence-electron chi connectivity index (χ4n) is 4.11. The molecule has 1 aliphatic rings. The van der Waals surface area contributed by atoms with E-state index in [-0.39, 0.29) is 11.2 Å². The molecule has 0 N–H and O–H groups in total. The highest BCUT2D eigenvalue weighted by atomic mass is 16.5. The highest BCUT2D eigenvalue weighted by molar-refractivity contribution is 6.14. The summed E-state index contributed by atoms with van der Waals surface area (Å²) in [5.74, 6) is 3.16. The van der Waals surface area contributed by atoms with E-state index in [0.717, 1.165) is 22.3 Å². The predicted molar refractivity (Wildman–Crippen MR) is 132 cm³/mol. The van der Waals surface area contributed by atoms with Crippen LogP contribution in [0, 0.1) is 11.3 Å². The van der Waals surface area contributed by atoms with E-state index in [1.54, 1.807) is 28.4 Å². The van der Waals surface area contributed by atoms with Gasteiger partial charge in [0.2, 0.25) is 0 Å². The van der Waals surface area contributed by atoms with Crippen molar-refractivity contribution >= 4 is 17.9 Å². The molecule has 1 saturated carbocycles. The standard InChI is InChI=1S/C28H34O5/c1-28(2,3)22-14-20(12-18-8-10-23(30-4)16-25(18)32-6)27(29)21(15-22)13-19-9-11-24(31-5)17-26(19)33-7/h8-13,16-17,22H,14-15H2,1-7H3/b20-12+,21-13+. The summed E-state index contributed by atoms with van der Waals surface area (Å²) in [6.45, 7) is 6.68. The number of ether oxygens (including phenoxy) is 4. The summed E-state index contributed by atoms with van der Waals surface area (Å²) in [6, 6.07) is 11.3. The Labute approximate surface area is 197 Å². The molecular formula is C28H34O5. The second-order valence-corrected chi connectivity index (χ2v) is 9.36. The van der Waals surface area contributed by atoms with Gasteiger partial charge < -0.3 is 18.9 Å². The van der Waals surface area contributed by atoms with Crippen LogP contribution < -0.4 is 18.9 Å². The van der Waals surface area contributed by atoms with E-state index in [1.807, 2.05) is 48.6 Å². The summed E-state index contributed by atoms with van der Waals surface area (Å²) in [4.78, 5) is 13.6. The van der Waals surface area contributed by atoms with Crippen molar-refractivity contribution in [3.8, 4) is 23.0 Å². The first-order chi connectivity index (χ1) is 15.7. The van der Waals surface area contributed by atoms with Gasteiger partial charge in [0.1, 0.15) is 23.0 Å². The highest BCUT2D eigenvalue weighted by Crippen LogP contribution is 2.43. The lowest BCUT2D eigenvalue weighted by molar-refractivity contribution is -0.113. The van der Waals surface area contributed by atoms with Crippen LogP contribution in [0.25, 0.3) is 12.2 Å². The molecule has 2 aromatic rings. The molecule has 0 aromatic heterocycles. The van der Waals surface area contributed by atoms with Crippen molar-refractivity contribution in [1.29, 1.82) is 0 Å². The molecule has 0 heterocycles. The van der Waals surface area contributed by atoms with Crippen LogP contribution in [0.2, 0.25) is 0 Å². The van der Waals surface area contributed by atoms with Crippen molar-refractivity contribution < 1.29 is 23.7 Å². The Morgan fingerprint density at radius 1 is 0.727 bits per heavy atom. The highest BCUT2D eigenvalue weighted by Gasteiger charge is 2.34. The largest absolute Gasteiger partial charge is 0.497 e. The van der Waals surface area contributed by atoms with Gasteiger partial charge in [-0.3, -0.25) is 4.79 Å². The first kappa shape index (κ1) is 24.4. The second kappa shape index (κ2) is 10.2. The number of hydrogen-bond donors (Lipinski definition) is 0. The van der Waals surface area contributed by atoms with Gasteiger partial charge in [0.25, 0.3) is 0 Å². The van der Waals surface area contributed by atoms with E-state index in [2.05, 4.69) is 20.8 Å². The first-order valence-electron chi connectivity index (χ1n) is 11.1. The molecule has 0 spiro atoms. The van der Waals surface area contributed by atoms with Crippen LogP contribution in [0.15, 0.2) is 47.5 Å². The summed E-state index contributed by atoms with van der Waals surface area (Å²) in [5.41, 5.74) is 3.33. The average molecular weight is 451 g/mol. The zero-order valence-electron chi connectivity index (χ0n) is 20.7. The van der Waals surface area contributed by atoms with E-state index < -0.39 is 0 Å². The average Bonchev–Trinajstić information content (AvgIpc) is 2.81. The molecule has 0 aliphatic heterocycles. The topological polar surface area (TPSA) is 54.0 Å². The molecule has 5 nitrogen and oxygen atoms in total. The van der Waals surface area contributed by atoms with E-state index >= 15 is 0 Å². The monoisotopic (exact) mass is 450 g/mol. The lowest BCUT2D eigenvalue weighted by atomic mass is 9.68. The van der Waals surface area contributed by atoms with Crippen LogP contribution in [0.5, 0.6) is 23.0 Å². The molecule has 0 unspecified atom stereocenters. The maximum Gasteiger partial charge on any atom is 0.185 e. The molecule has 0 saturated heterocycles. The molecule has 0 radical (unpaired) electrons. The number of carbonyl (C=O) groups is 1. The Hall–Kier alpha value is -3.21. The number of rotatable bonds is 6. The minimum atomic E-state index is 0.0485. The molecule has 0 atom stereocenters. The minimum absolute atomic E-state index is 0.0485. The van der Waals surface area contributed by atoms with E-state index in [1.165, 1.54) is 0 Å². The van der Waals surface area contributed by atoms with Gasteiger partial charge in [-0.2, -0.15) is 0 Å². The van der Waals surface area contributed by atoms with Crippen LogP contribution in [0.3, 0.4) is 0 Å². The van der Waals surface area contributed by atoms with Gasteiger partial charge >= 0.3 is 0 Å². The number of allylic oxidation sites excluding steroid dienone is 2. The molecule has 1 aliphatic carbocycles. The number of methoxy groups -OCH3 is 4. The SMILES string of the molecule is COc1ccc(/C=C2\CC(C(C)(C)C)C/C(=C\c3ccc(OC)cc3OC)C2=O)c(OC)c1. The van der Waals surface area contributed by atoms with E-state index in [4.69, 9.17) is 18.9 Å². The summed E-state index contributed by atoms with van der Waals surface area (Å²) in [7, 11) is 6.49. The van der Waals surface area contributed by atoms with Crippen molar-refractivity contribution in [2.24, 2.45) is 11.3 Å². The molecule has 0 bridgehead atoms. The molecule has 2 aromatic carbocycles. The maximum absolute atomic E-state index is 13.6. The van der Waals surface area contributed by atoms with Gasteiger partial charge in [-0.15, -0.1) is 0 Å². The van der Waals surface area contributed by atoms with Crippen LogP contribution in [-0.2, 0) is 4.79 Å². The second-order valence-electron chi connectivity index (χ2n) is 9.36. The fraction of sp³-hybridized carbons (Fsp3) is 0.393. The summed E-state index contributed by atoms with van der Waals surface area (Å²) in [5, 5.41) is 0. The third-order valence-corrected chi connectivity index (χ3v) is 6.28. The molecule has 1 fully saturated rings. The summed E-state index contributed by atoms with van der Waals surface area (Å²) >= 11 is 0. The molecule has 3 rings (SSSR count). The van der Waals surface area contributed by atoms with Crippen LogP contribution in [-0.4, -0.2) is 34.2 Å². The van der Waals surface area contributed by atoms with Gasteiger partial charge in [0.15, 0.2) is 5.78 Å². The molecule has 5 heteroatoms. The third kappa shape index (κ3) is 5.59. The lowest BCUT2D eigenvalue weighted by Gasteiger charge is -2.35. The van der Waals surface area contributed by atoms with Crippen LogP contribution >= 0.6 is 0 Å². The number of Topliss-reactive ketones (excluding diaryl/α,β-unsaturated/α-hetero) is 1. The molecular weight excluding hydrogens is 416 g/mol. The van der Waals surface area contributed by atoms with Gasteiger partial charge in [0, 0.05) is 34.4 Å². The maximum atomic E-state index is 13.6. The van der Waals surface area contributed by atoms with E-state index in [9.17, 15) is 4.79 Å². The zero-order chi connectivity index (χ0) is 24.2. The minimum Gasteiger partial charge on any atom is -0.497 e. The van der Waals surface area contributed by atoms with E-state index in [0.29, 0.717) is 41.8 Å². The van der Waals surface area contributed by atoms with Gasteiger partial charge in [-0.05, 0) is 60.6 Å². The molecule has 0 amide bonds. The summed E-state index contributed by atoms with van der Waals surface area (Å²) < 4.78 is 21.7. The Bertz CT molecular complexity index is 995. The number of carbonyl (C=O) groups excluding carboxylic acids is 1. The van der Waals surface area contributed by atoms with Gasteiger partial charge in [-0.25, -0.2) is 0 Å².